The second kappa shape index (κ2) is 10.1. The Kier molecular flexibility index (Phi) is 7.50. The van der Waals surface area contributed by atoms with Crippen molar-refractivity contribution in [2.24, 2.45) is 7.05 Å². The molecule has 2 aromatic carbocycles. The van der Waals surface area contributed by atoms with Gasteiger partial charge in [-0.25, -0.2) is 17.7 Å². The molecule has 0 bridgehead atoms. The molecule has 0 saturated carbocycles. The molecule has 33 heavy (non-hydrogen) atoms. The Morgan fingerprint density at radius 2 is 1.79 bits per heavy atom. The standard InChI is InChI=1S/C23H28N4O5S/c1-25(2)33(30,31)18-10-11-20-19(14-18)24-21(26(20)3)12-13-22(28)27(16-23(29)32-4)15-17-8-6-5-7-9-17/h5-11,14H,12-13,15-16H2,1-4H3. The van der Waals surface area contributed by atoms with Crippen molar-refractivity contribution in [1.82, 2.24) is 18.8 Å². The van der Waals surface area contributed by atoms with E-state index in [0.717, 1.165) is 15.4 Å². The summed E-state index contributed by atoms with van der Waals surface area (Å²) in [5.74, 6) is -0.0423. The average molecular weight is 473 g/mol. The zero-order valence-corrected chi connectivity index (χ0v) is 20.0. The van der Waals surface area contributed by atoms with E-state index in [1.54, 1.807) is 12.1 Å². The molecule has 0 unspecified atom stereocenters. The summed E-state index contributed by atoms with van der Waals surface area (Å²) in [7, 11) is 2.49. The largest absolute Gasteiger partial charge is 0.468 e. The van der Waals surface area contributed by atoms with Gasteiger partial charge in [0, 0.05) is 40.5 Å². The number of carbonyl (C=O) groups is 2. The van der Waals surface area contributed by atoms with Crippen LogP contribution in [0.25, 0.3) is 11.0 Å². The number of hydrogen-bond acceptors (Lipinski definition) is 6. The second-order valence-corrected chi connectivity index (χ2v) is 9.99. The Labute approximate surface area is 193 Å². The zero-order valence-electron chi connectivity index (χ0n) is 19.2. The van der Waals surface area contributed by atoms with Crippen LogP contribution in [0.4, 0.5) is 0 Å². The van der Waals surface area contributed by atoms with Crippen LogP contribution in [0, 0.1) is 0 Å². The first-order valence-corrected chi connectivity index (χ1v) is 11.8. The molecule has 1 heterocycles. The van der Waals surface area contributed by atoms with Gasteiger partial charge >= 0.3 is 5.97 Å². The number of sulfonamides is 1. The van der Waals surface area contributed by atoms with Crippen LogP contribution in [-0.4, -0.2) is 66.8 Å². The van der Waals surface area contributed by atoms with Gasteiger partial charge in [0.2, 0.25) is 15.9 Å². The van der Waals surface area contributed by atoms with Gasteiger partial charge in [0.25, 0.3) is 0 Å². The molecule has 3 rings (SSSR count). The summed E-state index contributed by atoms with van der Waals surface area (Å²) < 4.78 is 32.6. The number of hydrogen-bond donors (Lipinski definition) is 0. The molecule has 0 spiro atoms. The number of rotatable bonds is 9. The molecule has 10 heteroatoms. The molecule has 0 fully saturated rings. The number of methoxy groups -OCH3 is 1. The Bertz CT molecular complexity index is 1250. The van der Waals surface area contributed by atoms with E-state index in [1.165, 1.54) is 32.2 Å². The van der Waals surface area contributed by atoms with Crippen molar-refractivity contribution in [3.63, 3.8) is 0 Å². The lowest BCUT2D eigenvalue weighted by Gasteiger charge is -2.21. The van der Waals surface area contributed by atoms with Gasteiger partial charge in [0.05, 0.1) is 23.0 Å². The van der Waals surface area contributed by atoms with Gasteiger partial charge < -0.3 is 14.2 Å². The number of imidazole rings is 1. The first kappa shape index (κ1) is 24.4. The summed E-state index contributed by atoms with van der Waals surface area (Å²) in [5, 5.41) is 0. The van der Waals surface area contributed by atoms with Gasteiger partial charge in [0.1, 0.15) is 12.4 Å². The zero-order chi connectivity index (χ0) is 24.2. The minimum absolute atomic E-state index is 0.140. The minimum atomic E-state index is -3.57. The molecule has 0 radical (unpaired) electrons. The van der Waals surface area contributed by atoms with Crippen molar-refractivity contribution in [2.75, 3.05) is 27.7 Å². The maximum absolute atomic E-state index is 13.0. The molecule has 0 saturated heterocycles. The highest BCUT2D eigenvalue weighted by Gasteiger charge is 2.21. The highest BCUT2D eigenvalue weighted by molar-refractivity contribution is 7.89. The molecule has 9 nitrogen and oxygen atoms in total. The van der Waals surface area contributed by atoms with Crippen molar-refractivity contribution in [2.45, 2.75) is 24.3 Å². The predicted octanol–water partition coefficient (Wildman–Crippen LogP) is 1.96. The van der Waals surface area contributed by atoms with Gasteiger partial charge in [-0.2, -0.15) is 0 Å². The normalized spacial score (nSPS) is 11.7. The first-order valence-electron chi connectivity index (χ1n) is 10.4. The van der Waals surface area contributed by atoms with Gasteiger partial charge in [-0.1, -0.05) is 30.3 Å². The van der Waals surface area contributed by atoms with E-state index in [1.807, 2.05) is 41.9 Å². The van der Waals surface area contributed by atoms with Crippen molar-refractivity contribution >= 4 is 32.9 Å². The van der Waals surface area contributed by atoms with Crippen LogP contribution >= 0.6 is 0 Å². The number of aromatic nitrogens is 2. The van der Waals surface area contributed by atoms with Gasteiger partial charge in [-0.05, 0) is 23.8 Å². The fourth-order valence-corrected chi connectivity index (χ4v) is 4.38. The molecular formula is C23H28N4O5S. The minimum Gasteiger partial charge on any atom is -0.468 e. The molecule has 0 atom stereocenters. The quantitative estimate of drug-likeness (QED) is 0.441. The molecule has 1 amide bonds. The molecule has 1 aromatic heterocycles. The predicted molar refractivity (Wildman–Crippen MR) is 124 cm³/mol. The summed E-state index contributed by atoms with van der Waals surface area (Å²) >= 11 is 0. The molecule has 0 aliphatic heterocycles. The number of carbonyl (C=O) groups excluding carboxylic acids is 2. The Morgan fingerprint density at radius 1 is 1.09 bits per heavy atom. The topological polar surface area (TPSA) is 102 Å². The van der Waals surface area contributed by atoms with Crippen molar-refractivity contribution < 1.29 is 22.7 Å². The second-order valence-electron chi connectivity index (χ2n) is 7.84. The number of ether oxygens (including phenoxy) is 1. The summed E-state index contributed by atoms with van der Waals surface area (Å²) in [5.41, 5.74) is 2.22. The smallest absolute Gasteiger partial charge is 0.325 e. The lowest BCUT2D eigenvalue weighted by atomic mass is 10.2. The average Bonchev–Trinajstić information content (AvgIpc) is 3.12. The Balaban J connectivity index is 1.78. The van der Waals surface area contributed by atoms with Gasteiger partial charge in [-0.3, -0.25) is 9.59 Å². The molecule has 176 valence electrons. The third kappa shape index (κ3) is 5.58. The van der Waals surface area contributed by atoms with Crippen LogP contribution in [-0.2, 0) is 44.4 Å². The summed E-state index contributed by atoms with van der Waals surface area (Å²) in [6.45, 7) is 0.154. The number of fused-ring (bicyclic) bond motifs is 1. The van der Waals surface area contributed by atoms with E-state index in [4.69, 9.17) is 4.74 Å². The fourth-order valence-electron chi connectivity index (χ4n) is 3.46. The fraction of sp³-hybridized carbons (Fsp3) is 0.348. The Hall–Kier alpha value is -3.24. The van der Waals surface area contributed by atoms with E-state index < -0.39 is 16.0 Å². The van der Waals surface area contributed by atoms with E-state index >= 15 is 0 Å². The third-order valence-corrected chi connectivity index (χ3v) is 7.21. The molecule has 3 aromatic rings. The third-order valence-electron chi connectivity index (χ3n) is 5.40. The number of amides is 1. The van der Waals surface area contributed by atoms with Crippen LogP contribution in [0.2, 0.25) is 0 Å². The SMILES string of the molecule is COC(=O)CN(Cc1ccccc1)C(=O)CCc1nc2cc(S(=O)(=O)N(C)C)ccc2n1C. The number of benzene rings is 2. The summed E-state index contributed by atoms with van der Waals surface area (Å²) in [6, 6.07) is 14.2. The summed E-state index contributed by atoms with van der Waals surface area (Å²) in [4.78, 5) is 31.0. The lowest BCUT2D eigenvalue weighted by molar-refractivity contribution is -0.147. The monoisotopic (exact) mass is 472 g/mol. The van der Waals surface area contributed by atoms with Crippen LogP contribution in [0.3, 0.4) is 0 Å². The van der Waals surface area contributed by atoms with Crippen LogP contribution in [0.15, 0.2) is 53.4 Å². The molecular weight excluding hydrogens is 444 g/mol. The van der Waals surface area contributed by atoms with Crippen LogP contribution in [0.5, 0.6) is 0 Å². The highest BCUT2D eigenvalue weighted by atomic mass is 32.2. The van der Waals surface area contributed by atoms with E-state index in [-0.39, 0.29) is 23.8 Å². The molecule has 0 aliphatic rings. The first-order chi connectivity index (χ1) is 15.6. The molecule has 0 N–H and O–H groups in total. The number of aryl methyl sites for hydroxylation is 2. The van der Waals surface area contributed by atoms with Crippen LogP contribution < -0.4 is 0 Å². The van der Waals surface area contributed by atoms with E-state index in [2.05, 4.69) is 4.98 Å². The highest BCUT2D eigenvalue weighted by Crippen LogP contribution is 2.22. The number of esters is 1. The van der Waals surface area contributed by atoms with E-state index in [0.29, 0.717) is 24.3 Å². The van der Waals surface area contributed by atoms with Crippen LogP contribution in [0.1, 0.15) is 17.8 Å². The maximum Gasteiger partial charge on any atom is 0.325 e. The molecule has 0 aliphatic carbocycles. The van der Waals surface area contributed by atoms with Gasteiger partial charge in [0.15, 0.2) is 0 Å². The maximum atomic E-state index is 13.0. The Morgan fingerprint density at radius 3 is 2.42 bits per heavy atom. The van der Waals surface area contributed by atoms with E-state index in [9.17, 15) is 18.0 Å². The number of nitrogens with zero attached hydrogens (tertiary/aromatic N) is 4. The lowest BCUT2D eigenvalue weighted by Crippen LogP contribution is -2.36. The van der Waals surface area contributed by atoms with Gasteiger partial charge in [-0.15, -0.1) is 0 Å². The van der Waals surface area contributed by atoms with Crippen molar-refractivity contribution in [3.8, 4) is 0 Å². The van der Waals surface area contributed by atoms with Crippen molar-refractivity contribution in [3.05, 3.63) is 59.9 Å². The summed E-state index contributed by atoms with van der Waals surface area (Å²) in [6.07, 6.45) is 0.482. The van der Waals surface area contributed by atoms with Crippen molar-refractivity contribution in [1.29, 1.82) is 0 Å².